The van der Waals surface area contributed by atoms with Crippen LogP contribution in [0.25, 0.3) is 10.2 Å². The minimum Gasteiger partial charge on any atom is -0.336 e. The molecule has 0 unspecified atom stereocenters. The number of H-pyrrole nitrogens is 1. The average Bonchev–Trinajstić information content (AvgIpc) is 2.92. The molecule has 2 aromatic rings. The fraction of sp³-hybridized carbons (Fsp3) is 0.529. The maximum atomic E-state index is 12.5. The van der Waals surface area contributed by atoms with E-state index in [2.05, 4.69) is 20.6 Å². The van der Waals surface area contributed by atoms with Crippen molar-refractivity contribution in [2.45, 2.75) is 62.9 Å². The molecule has 0 bridgehead atoms. The summed E-state index contributed by atoms with van der Waals surface area (Å²) in [6.45, 7) is 5.30. The molecule has 2 heterocycles. The van der Waals surface area contributed by atoms with Crippen LogP contribution in [-0.4, -0.2) is 33.2 Å². The molecule has 0 aromatic carbocycles. The molecule has 140 valence electrons. The van der Waals surface area contributed by atoms with Crippen LogP contribution in [0.1, 0.15) is 44.1 Å². The van der Waals surface area contributed by atoms with Crippen molar-refractivity contribution in [3.8, 4) is 0 Å². The number of hydrogen-bond acceptors (Lipinski definition) is 6. The lowest BCUT2D eigenvalue weighted by Crippen LogP contribution is -2.45. The van der Waals surface area contributed by atoms with E-state index in [4.69, 9.17) is 0 Å². The second kappa shape index (κ2) is 7.79. The Hall–Kier alpha value is -1.87. The topological polar surface area (TPSA) is 104 Å². The molecule has 1 atom stereocenters. The molecule has 26 heavy (non-hydrogen) atoms. The van der Waals surface area contributed by atoms with E-state index in [9.17, 15) is 14.4 Å². The summed E-state index contributed by atoms with van der Waals surface area (Å²) in [6.07, 6.45) is 4.18. The zero-order valence-corrected chi connectivity index (χ0v) is 16.6. The van der Waals surface area contributed by atoms with Crippen LogP contribution in [0.4, 0.5) is 4.79 Å². The third-order valence-electron chi connectivity index (χ3n) is 4.12. The molecular weight excluding hydrogens is 372 g/mol. The van der Waals surface area contributed by atoms with Crippen LogP contribution in [0.2, 0.25) is 0 Å². The normalized spacial score (nSPS) is 14.9. The van der Waals surface area contributed by atoms with Crippen LogP contribution in [0.3, 0.4) is 0 Å². The van der Waals surface area contributed by atoms with Crippen LogP contribution < -0.4 is 16.2 Å². The standard InChI is InChI=1S/C17H22N4O3S2/c1-8(2)18-16(24)19-13(22)9(3)25-17-20-14(23)12-10-6-4-5-7-11(10)26-15(12)21-17/h8-9H,4-7H2,1-3H3,(H,20,21,23)(H2,18,19,22,24)/t9-/m1/s1. The first-order valence-electron chi connectivity index (χ1n) is 8.67. The molecule has 7 nitrogen and oxygen atoms in total. The number of aromatic amines is 1. The molecule has 2 aromatic heterocycles. The van der Waals surface area contributed by atoms with Gasteiger partial charge in [-0.25, -0.2) is 9.78 Å². The van der Waals surface area contributed by atoms with Gasteiger partial charge in [0.1, 0.15) is 4.83 Å². The van der Waals surface area contributed by atoms with E-state index in [0.717, 1.165) is 47.8 Å². The van der Waals surface area contributed by atoms with Gasteiger partial charge in [-0.2, -0.15) is 0 Å². The Bertz CT molecular complexity index is 903. The number of fused-ring (bicyclic) bond motifs is 3. The molecule has 0 spiro atoms. The number of aromatic nitrogens is 2. The number of thiophene rings is 1. The Balaban J connectivity index is 1.75. The van der Waals surface area contributed by atoms with E-state index in [1.807, 2.05) is 13.8 Å². The lowest BCUT2D eigenvalue weighted by molar-refractivity contribution is -0.119. The van der Waals surface area contributed by atoms with Crippen molar-refractivity contribution < 1.29 is 9.59 Å². The highest BCUT2D eigenvalue weighted by molar-refractivity contribution is 8.00. The Kier molecular flexibility index (Phi) is 5.67. The number of nitrogens with one attached hydrogen (secondary N) is 3. The second-order valence-corrected chi connectivity index (χ2v) is 9.05. The van der Waals surface area contributed by atoms with Crippen LogP contribution in [0, 0.1) is 0 Å². The minimum atomic E-state index is -0.567. The van der Waals surface area contributed by atoms with Gasteiger partial charge in [-0.05, 0) is 52.0 Å². The number of urea groups is 1. The van der Waals surface area contributed by atoms with Crippen molar-refractivity contribution >= 4 is 45.3 Å². The summed E-state index contributed by atoms with van der Waals surface area (Å²) in [5, 5.41) is 5.42. The number of rotatable bonds is 4. The van der Waals surface area contributed by atoms with Gasteiger partial charge < -0.3 is 10.3 Å². The smallest absolute Gasteiger partial charge is 0.321 e. The number of amides is 3. The molecule has 0 saturated heterocycles. The summed E-state index contributed by atoms with van der Waals surface area (Å²) in [4.78, 5) is 45.6. The number of carbonyl (C=O) groups excluding carboxylic acids is 2. The summed E-state index contributed by atoms with van der Waals surface area (Å²) in [7, 11) is 0. The molecule has 1 aliphatic carbocycles. The van der Waals surface area contributed by atoms with E-state index in [1.54, 1.807) is 18.3 Å². The van der Waals surface area contributed by atoms with Crippen molar-refractivity contribution in [3.63, 3.8) is 0 Å². The molecule has 0 fully saturated rings. The Morgan fingerprint density at radius 1 is 1.23 bits per heavy atom. The summed E-state index contributed by atoms with van der Waals surface area (Å²) >= 11 is 2.71. The van der Waals surface area contributed by atoms with Crippen LogP contribution >= 0.6 is 23.1 Å². The highest BCUT2D eigenvalue weighted by atomic mass is 32.2. The number of imide groups is 1. The Morgan fingerprint density at radius 2 is 1.96 bits per heavy atom. The maximum Gasteiger partial charge on any atom is 0.321 e. The summed E-state index contributed by atoms with van der Waals surface area (Å²) in [5.41, 5.74) is 0.986. The third kappa shape index (κ3) is 4.09. The van der Waals surface area contributed by atoms with E-state index in [1.165, 1.54) is 4.88 Å². The summed E-state index contributed by atoms with van der Waals surface area (Å²) in [5.74, 6) is -0.429. The van der Waals surface area contributed by atoms with Crippen LogP contribution in [0.15, 0.2) is 9.95 Å². The van der Waals surface area contributed by atoms with Crippen molar-refractivity contribution in [2.75, 3.05) is 0 Å². The average molecular weight is 395 g/mol. The van der Waals surface area contributed by atoms with Gasteiger partial charge in [0.2, 0.25) is 5.91 Å². The molecular formula is C17H22N4O3S2. The van der Waals surface area contributed by atoms with E-state index in [0.29, 0.717) is 10.5 Å². The van der Waals surface area contributed by atoms with Gasteiger partial charge in [0.25, 0.3) is 5.56 Å². The summed E-state index contributed by atoms with van der Waals surface area (Å²) in [6, 6.07) is -0.587. The lowest BCUT2D eigenvalue weighted by Gasteiger charge is -2.13. The second-order valence-electron chi connectivity index (χ2n) is 6.64. The predicted molar refractivity (Wildman–Crippen MR) is 104 cm³/mol. The molecule has 9 heteroatoms. The van der Waals surface area contributed by atoms with Gasteiger partial charge in [-0.1, -0.05) is 11.8 Å². The third-order valence-corrected chi connectivity index (χ3v) is 6.29. The number of carbonyl (C=O) groups is 2. The van der Waals surface area contributed by atoms with Gasteiger partial charge in [-0.3, -0.25) is 14.9 Å². The monoisotopic (exact) mass is 394 g/mol. The van der Waals surface area contributed by atoms with Crippen LogP contribution in [-0.2, 0) is 17.6 Å². The van der Waals surface area contributed by atoms with Gasteiger partial charge in [0.05, 0.1) is 10.6 Å². The first-order valence-corrected chi connectivity index (χ1v) is 10.4. The van der Waals surface area contributed by atoms with Crippen LogP contribution in [0.5, 0.6) is 0 Å². The van der Waals surface area contributed by atoms with Crippen molar-refractivity contribution in [2.24, 2.45) is 0 Å². The molecule has 3 rings (SSSR count). The zero-order valence-electron chi connectivity index (χ0n) is 15.0. The largest absolute Gasteiger partial charge is 0.336 e. The fourth-order valence-corrected chi connectivity index (χ4v) is 5.05. The first-order chi connectivity index (χ1) is 12.3. The van der Waals surface area contributed by atoms with E-state index < -0.39 is 17.2 Å². The SMILES string of the molecule is CC(C)NC(=O)NC(=O)[C@@H](C)Sc1nc2sc3c(c2c(=O)[nH]1)CCCC3. The van der Waals surface area contributed by atoms with Crippen molar-refractivity contribution in [1.82, 2.24) is 20.6 Å². The molecule has 3 N–H and O–H groups in total. The Morgan fingerprint density at radius 3 is 2.69 bits per heavy atom. The number of thioether (sulfide) groups is 1. The van der Waals surface area contributed by atoms with Gasteiger partial charge in [0.15, 0.2) is 5.16 Å². The quantitative estimate of drug-likeness (QED) is 0.546. The summed E-state index contributed by atoms with van der Waals surface area (Å²) < 4.78 is 0. The molecule has 0 aliphatic heterocycles. The molecule has 3 amide bonds. The van der Waals surface area contributed by atoms with E-state index >= 15 is 0 Å². The fourth-order valence-electron chi connectivity index (χ4n) is 2.93. The highest BCUT2D eigenvalue weighted by Gasteiger charge is 2.22. The lowest BCUT2D eigenvalue weighted by atomic mass is 9.97. The molecule has 0 saturated carbocycles. The number of nitrogens with zero attached hydrogens (tertiary/aromatic N) is 1. The van der Waals surface area contributed by atoms with Crippen molar-refractivity contribution in [3.05, 3.63) is 20.8 Å². The van der Waals surface area contributed by atoms with Gasteiger partial charge in [0, 0.05) is 10.9 Å². The van der Waals surface area contributed by atoms with E-state index in [-0.39, 0.29) is 11.6 Å². The molecule has 0 radical (unpaired) electrons. The highest BCUT2D eigenvalue weighted by Crippen LogP contribution is 2.34. The maximum absolute atomic E-state index is 12.5. The predicted octanol–water partition coefficient (Wildman–Crippen LogP) is 2.58. The van der Waals surface area contributed by atoms with Gasteiger partial charge in [-0.15, -0.1) is 11.3 Å². The zero-order chi connectivity index (χ0) is 18.8. The Labute approximate surface area is 159 Å². The van der Waals surface area contributed by atoms with Gasteiger partial charge >= 0.3 is 6.03 Å². The number of aryl methyl sites for hydroxylation is 2. The van der Waals surface area contributed by atoms with Crippen molar-refractivity contribution in [1.29, 1.82) is 0 Å². The molecule has 1 aliphatic rings. The minimum absolute atomic E-state index is 0.0592. The first kappa shape index (κ1) is 18.9. The number of hydrogen-bond donors (Lipinski definition) is 3.